The molecule has 6 aromatic rings. The zero-order valence-corrected chi connectivity index (χ0v) is 33.5. The summed E-state index contributed by atoms with van der Waals surface area (Å²) in [5.74, 6) is 0. The number of aryl methyl sites for hydroxylation is 2. The second kappa shape index (κ2) is 12.3. The predicted molar refractivity (Wildman–Crippen MR) is 227 cm³/mol. The van der Waals surface area contributed by atoms with Crippen LogP contribution in [-0.4, -0.2) is 0 Å². The summed E-state index contributed by atoms with van der Waals surface area (Å²) in [4.78, 5) is 2.56. The molecule has 0 saturated carbocycles. The van der Waals surface area contributed by atoms with Crippen molar-refractivity contribution in [2.45, 2.75) is 104 Å². The molecule has 2 unspecified atom stereocenters. The van der Waals surface area contributed by atoms with Crippen LogP contribution in [0, 0.1) is 13.8 Å². The molecule has 1 nitrogen and oxygen atoms in total. The lowest BCUT2D eigenvalue weighted by Crippen LogP contribution is -2.40. The van der Waals surface area contributed by atoms with Gasteiger partial charge in [-0.3, -0.25) is 0 Å². The van der Waals surface area contributed by atoms with Crippen molar-refractivity contribution in [3.05, 3.63) is 177 Å². The van der Waals surface area contributed by atoms with E-state index in [2.05, 4.69) is 202 Å². The van der Waals surface area contributed by atoms with Gasteiger partial charge in [0, 0.05) is 27.6 Å². The van der Waals surface area contributed by atoms with Crippen molar-refractivity contribution in [3.63, 3.8) is 0 Å². The second-order valence-electron chi connectivity index (χ2n) is 17.4. The van der Waals surface area contributed by atoms with Crippen molar-refractivity contribution < 1.29 is 0 Å². The molecular formula is C52H55N. The van der Waals surface area contributed by atoms with Crippen LogP contribution in [0.15, 0.2) is 127 Å². The summed E-state index contributed by atoms with van der Waals surface area (Å²) in [6.45, 7) is 23.5. The molecular weight excluding hydrogens is 639 g/mol. The van der Waals surface area contributed by atoms with Crippen LogP contribution in [0.25, 0.3) is 22.3 Å². The fraction of sp³-hybridized carbons (Fsp3) is 0.308. The maximum atomic E-state index is 2.56. The summed E-state index contributed by atoms with van der Waals surface area (Å²) in [6, 6.07) is 49.1. The summed E-state index contributed by atoms with van der Waals surface area (Å²) in [5, 5.41) is 0. The lowest BCUT2D eigenvalue weighted by Gasteiger charge is -2.44. The van der Waals surface area contributed by atoms with Gasteiger partial charge in [-0.15, -0.1) is 0 Å². The third-order valence-corrected chi connectivity index (χ3v) is 13.6. The second-order valence-corrected chi connectivity index (χ2v) is 17.4. The van der Waals surface area contributed by atoms with Gasteiger partial charge in [-0.1, -0.05) is 163 Å². The molecule has 0 bridgehead atoms. The van der Waals surface area contributed by atoms with Gasteiger partial charge in [-0.05, 0) is 119 Å². The van der Waals surface area contributed by atoms with Crippen molar-refractivity contribution in [3.8, 4) is 22.3 Å². The highest BCUT2D eigenvalue weighted by Crippen LogP contribution is 2.54. The molecule has 2 aliphatic carbocycles. The highest BCUT2D eigenvalue weighted by Gasteiger charge is 2.42. The van der Waals surface area contributed by atoms with Crippen LogP contribution in [0.3, 0.4) is 0 Å². The monoisotopic (exact) mass is 693 g/mol. The molecule has 0 spiro atoms. The van der Waals surface area contributed by atoms with Gasteiger partial charge in [-0.2, -0.15) is 0 Å². The van der Waals surface area contributed by atoms with Crippen LogP contribution in [-0.2, 0) is 21.8 Å². The number of nitrogens with zero attached hydrogens (tertiary/aromatic N) is 1. The largest absolute Gasteiger partial charge is 0.331 e. The van der Waals surface area contributed by atoms with E-state index in [1.165, 1.54) is 83.7 Å². The van der Waals surface area contributed by atoms with E-state index in [0.29, 0.717) is 0 Å². The smallest absolute Gasteiger partial charge is 0.0671 e. The molecule has 0 fully saturated rings. The van der Waals surface area contributed by atoms with Crippen LogP contribution in [0.5, 0.6) is 0 Å². The van der Waals surface area contributed by atoms with Gasteiger partial charge < -0.3 is 4.90 Å². The normalized spacial score (nSPS) is 16.9. The first-order valence-electron chi connectivity index (χ1n) is 19.7. The lowest BCUT2D eigenvalue weighted by molar-refractivity contribution is 0.462. The van der Waals surface area contributed by atoms with E-state index >= 15 is 0 Å². The number of rotatable bonds is 8. The van der Waals surface area contributed by atoms with Gasteiger partial charge in [0.15, 0.2) is 0 Å². The Labute approximate surface area is 318 Å². The number of hydrogen-bond donors (Lipinski definition) is 0. The van der Waals surface area contributed by atoms with E-state index in [1.54, 1.807) is 0 Å². The van der Waals surface area contributed by atoms with Gasteiger partial charge in [-0.25, -0.2) is 0 Å². The maximum Gasteiger partial charge on any atom is 0.0671 e. The first-order valence-corrected chi connectivity index (χ1v) is 19.7. The maximum absolute atomic E-state index is 2.56. The van der Waals surface area contributed by atoms with E-state index in [-0.39, 0.29) is 21.8 Å². The molecule has 53 heavy (non-hydrogen) atoms. The first-order chi connectivity index (χ1) is 25.2. The number of hydrogen-bond acceptors (Lipinski definition) is 1. The number of anilines is 2. The molecule has 0 amide bonds. The molecule has 0 aliphatic heterocycles. The Morgan fingerprint density at radius 3 is 1.30 bits per heavy atom. The van der Waals surface area contributed by atoms with Gasteiger partial charge in [0.1, 0.15) is 0 Å². The topological polar surface area (TPSA) is 3.24 Å². The fourth-order valence-corrected chi connectivity index (χ4v) is 9.64. The molecule has 0 saturated heterocycles. The minimum Gasteiger partial charge on any atom is -0.331 e. The predicted octanol–water partition coefficient (Wildman–Crippen LogP) is 14.1. The van der Waals surface area contributed by atoms with Crippen LogP contribution < -0.4 is 4.90 Å². The van der Waals surface area contributed by atoms with Crippen molar-refractivity contribution >= 4 is 11.4 Å². The average molecular weight is 694 g/mol. The zero-order chi connectivity index (χ0) is 37.5. The highest BCUT2D eigenvalue weighted by atomic mass is 15.2. The molecule has 0 heterocycles. The SMILES string of the molecule is CCC(C)(c1ccc2c(c1)C(C)(C)c1ccccc1-2)c1ccc2c(c1)C(C)(C)c1cc(C(C)(CC)N(c3ccc(C)cc3)c3ccc(C)cc3)ccc1-2. The summed E-state index contributed by atoms with van der Waals surface area (Å²) >= 11 is 0. The summed E-state index contributed by atoms with van der Waals surface area (Å²) < 4.78 is 0. The third kappa shape index (κ3) is 5.25. The lowest BCUT2D eigenvalue weighted by atomic mass is 9.70. The Bertz CT molecular complexity index is 2310. The number of fused-ring (bicyclic) bond motifs is 6. The Balaban J connectivity index is 1.20. The minimum absolute atomic E-state index is 0.0165. The molecule has 2 atom stereocenters. The molecule has 268 valence electrons. The van der Waals surface area contributed by atoms with Gasteiger partial charge in [0.05, 0.1) is 5.54 Å². The van der Waals surface area contributed by atoms with E-state index in [0.717, 1.165) is 12.8 Å². The molecule has 8 rings (SSSR count). The van der Waals surface area contributed by atoms with E-state index in [9.17, 15) is 0 Å². The molecule has 0 N–H and O–H groups in total. The molecule has 2 aliphatic rings. The van der Waals surface area contributed by atoms with E-state index in [1.807, 2.05) is 0 Å². The number of benzene rings is 6. The molecule has 1 heteroatoms. The minimum atomic E-state index is -0.267. The Kier molecular flexibility index (Phi) is 8.19. The van der Waals surface area contributed by atoms with Gasteiger partial charge >= 0.3 is 0 Å². The molecule has 0 aromatic heterocycles. The highest BCUT2D eigenvalue weighted by molar-refractivity contribution is 5.83. The van der Waals surface area contributed by atoms with Gasteiger partial charge in [0.25, 0.3) is 0 Å². The van der Waals surface area contributed by atoms with Crippen LogP contribution in [0.1, 0.15) is 118 Å². The third-order valence-electron chi connectivity index (χ3n) is 13.6. The van der Waals surface area contributed by atoms with E-state index < -0.39 is 0 Å². The average Bonchev–Trinajstić information content (AvgIpc) is 3.54. The Morgan fingerprint density at radius 2 is 0.849 bits per heavy atom. The summed E-state index contributed by atoms with van der Waals surface area (Å²) in [7, 11) is 0. The van der Waals surface area contributed by atoms with Crippen molar-refractivity contribution in [1.82, 2.24) is 0 Å². The van der Waals surface area contributed by atoms with Gasteiger partial charge in [0.2, 0.25) is 0 Å². The van der Waals surface area contributed by atoms with Crippen molar-refractivity contribution in [2.24, 2.45) is 0 Å². The van der Waals surface area contributed by atoms with Crippen LogP contribution >= 0.6 is 0 Å². The standard InChI is InChI=1S/C52H55N/c1-11-51(9,36-21-28-42-41-15-13-14-16-45(41)49(5,6)46(42)31-36)37-22-29-43-44-30-23-38(33-48(44)50(7,8)47(43)32-37)52(10,12-2)53(39-24-17-34(3)18-25-39)40-26-19-35(4)20-27-40/h13-33H,11-12H2,1-10H3. The summed E-state index contributed by atoms with van der Waals surface area (Å²) in [6.07, 6.45) is 1.99. The molecule has 0 radical (unpaired) electrons. The Hall–Kier alpha value is -4.88. The van der Waals surface area contributed by atoms with Crippen LogP contribution in [0.2, 0.25) is 0 Å². The molecule has 6 aromatic carbocycles. The van der Waals surface area contributed by atoms with Crippen molar-refractivity contribution in [2.75, 3.05) is 4.90 Å². The zero-order valence-electron chi connectivity index (χ0n) is 33.5. The quantitative estimate of drug-likeness (QED) is 0.153. The van der Waals surface area contributed by atoms with E-state index in [4.69, 9.17) is 0 Å². The van der Waals surface area contributed by atoms with Crippen molar-refractivity contribution in [1.29, 1.82) is 0 Å². The summed E-state index contributed by atoms with van der Waals surface area (Å²) in [5.41, 5.74) is 19.8. The van der Waals surface area contributed by atoms with Crippen LogP contribution in [0.4, 0.5) is 11.4 Å². The Morgan fingerprint density at radius 1 is 0.453 bits per heavy atom. The first kappa shape index (κ1) is 35.2. The fourth-order valence-electron chi connectivity index (χ4n) is 9.64.